The van der Waals surface area contributed by atoms with E-state index in [4.69, 9.17) is 14.5 Å². The molecule has 1 N–H and O–H groups in total. The van der Waals surface area contributed by atoms with Crippen LogP contribution in [0.3, 0.4) is 0 Å². The van der Waals surface area contributed by atoms with Gasteiger partial charge in [0.2, 0.25) is 0 Å². The molecule has 8 heteroatoms. The zero-order chi connectivity index (χ0) is 20.6. The van der Waals surface area contributed by atoms with Crippen molar-refractivity contribution in [2.45, 2.75) is 33.4 Å². The molecule has 0 spiro atoms. The van der Waals surface area contributed by atoms with Crippen molar-refractivity contribution < 1.29 is 9.47 Å². The summed E-state index contributed by atoms with van der Waals surface area (Å²) in [6, 6.07) is 8.03. The largest absolute Gasteiger partial charge is 0.497 e. The van der Waals surface area contributed by atoms with E-state index in [-0.39, 0.29) is 0 Å². The van der Waals surface area contributed by atoms with Crippen molar-refractivity contribution in [2.24, 2.45) is 18.0 Å². The highest BCUT2D eigenvalue weighted by atomic mass is 16.5. The first-order valence-corrected chi connectivity index (χ1v) is 10.2. The molecule has 0 amide bonds. The van der Waals surface area contributed by atoms with Crippen LogP contribution in [0, 0.1) is 12.8 Å². The number of nitrogens with zero attached hydrogens (tertiary/aromatic N) is 5. The van der Waals surface area contributed by atoms with E-state index in [9.17, 15) is 0 Å². The van der Waals surface area contributed by atoms with Gasteiger partial charge < -0.3 is 24.3 Å². The standard InChI is InChI=1S/C21H32N6O2/c1-5-29-15-18-10-11-27(14-18)21(23-13-20-25-24-16(2)26(20)3)22-12-17-6-8-19(28-4)9-7-17/h6-9,18H,5,10-15H2,1-4H3,(H,22,23). The van der Waals surface area contributed by atoms with Gasteiger partial charge in [-0.1, -0.05) is 12.1 Å². The fraction of sp³-hybridized carbons (Fsp3) is 0.571. The smallest absolute Gasteiger partial charge is 0.194 e. The fourth-order valence-corrected chi connectivity index (χ4v) is 3.37. The summed E-state index contributed by atoms with van der Waals surface area (Å²) >= 11 is 0. The molecule has 1 fully saturated rings. The molecule has 3 rings (SSSR count). The lowest BCUT2D eigenvalue weighted by molar-refractivity contribution is 0.114. The van der Waals surface area contributed by atoms with E-state index in [1.165, 1.54) is 0 Å². The highest BCUT2D eigenvalue weighted by Gasteiger charge is 2.25. The number of methoxy groups -OCH3 is 1. The number of ether oxygens (including phenoxy) is 2. The highest BCUT2D eigenvalue weighted by Crippen LogP contribution is 2.18. The Morgan fingerprint density at radius 3 is 2.72 bits per heavy atom. The van der Waals surface area contributed by atoms with Gasteiger partial charge in [0.05, 0.1) is 26.8 Å². The van der Waals surface area contributed by atoms with Crippen LogP contribution in [0.1, 0.15) is 30.6 Å². The first kappa shape index (κ1) is 21.1. The number of rotatable bonds is 8. The van der Waals surface area contributed by atoms with Crippen LogP contribution in [0.25, 0.3) is 0 Å². The maximum absolute atomic E-state index is 5.62. The predicted octanol–water partition coefficient (Wildman–Crippen LogP) is 2.14. The van der Waals surface area contributed by atoms with E-state index in [0.717, 1.165) is 61.6 Å². The second-order valence-corrected chi connectivity index (χ2v) is 7.32. The van der Waals surface area contributed by atoms with Gasteiger partial charge in [0.1, 0.15) is 11.6 Å². The van der Waals surface area contributed by atoms with Gasteiger partial charge in [0.15, 0.2) is 11.8 Å². The van der Waals surface area contributed by atoms with Gasteiger partial charge >= 0.3 is 0 Å². The summed E-state index contributed by atoms with van der Waals surface area (Å²) in [6.45, 7) is 8.69. The normalized spacial score (nSPS) is 17.0. The molecule has 8 nitrogen and oxygen atoms in total. The zero-order valence-electron chi connectivity index (χ0n) is 17.9. The minimum absolute atomic E-state index is 0.542. The number of benzene rings is 1. The van der Waals surface area contributed by atoms with Crippen LogP contribution in [-0.2, 0) is 24.9 Å². The molecule has 1 aromatic heterocycles. The topological polar surface area (TPSA) is 76.8 Å². The second kappa shape index (κ2) is 10.2. The van der Waals surface area contributed by atoms with Crippen LogP contribution in [0.2, 0.25) is 0 Å². The van der Waals surface area contributed by atoms with Crippen molar-refractivity contribution in [3.63, 3.8) is 0 Å². The number of aromatic nitrogens is 3. The Labute approximate surface area is 172 Å². The van der Waals surface area contributed by atoms with E-state index < -0.39 is 0 Å². The Morgan fingerprint density at radius 1 is 1.28 bits per heavy atom. The van der Waals surface area contributed by atoms with Crippen LogP contribution in [-0.4, -0.2) is 59.0 Å². The first-order chi connectivity index (χ1) is 14.1. The van der Waals surface area contributed by atoms with Gasteiger partial charge in [0.25, 0.3) is 0 Å². The van der Waals surface area contributed by atoms with Gasteiger partial charge in [-0.3, -0.25) is 0 Å². The fourth-order valence-electron chi connectivity index (χ4n) is 3.37. The number of likely N-dealkylation sites (tertiary alicyclic amines) is 1. The molecule has 1 aliphatic rings. The van der Waals surface area contributed by atoms with E-state index in [2.05, 4.69) is 20.4 Å². The van der Waals surface area contributed by atoms with Crippen LogP contribution in [0.4, 0.5) is 0 Å². The third-order valence-electron chi connectivity index (χ3n) is 5.30. The minimum Gasteiger partial charge on any atom is -0.497 e. The van der Waals surface area contributed by atoms with Gasteiger partial charge in [-0.2, -0.15) is 0 Å². The number of hydrogen-bond donors (Lipinski definition) is 1. The SMILES string of the molecule is CCOCC1CCN(C(=NCc2ccc(OC)cc2)NCc2nnc(C)n2C)C1. The third kappa shape index (κ3) is 5.69. The average molecular weight is 401 g/mol. The molecule has 0 radical (unpaired) electrons. The van der Waals surface area contributed by atoms with Crippen molar-refractivity contribution in [1.82, 2.24) is 25.0 Å². The Morgan fingerprint density at radius 2 is 2.07 bits per heavy atom. The molecular weight excluding hydrogens is 368 g/mol. The third-order valence-corrected chi connectivity index (χ3v) is 5.30. The Kier molecular flexibility index (Phi) is 7.46. The Balaban J connectivity index is 1.68. The summed E-state index contributed by atoms with van der Waals surface area (Å²) in [5.74, 6) is 4.09. The van der Waals surface area contributed by atoms with Crippen LogP contribution >= 0.6 is 0 Å². The van der Waals surface area contributed by atoms with Gasteiger partial charge in [-0.05, 0) is 38.0 Å². The van der Waals surface area contributed by atoms with E-state index in [1.54, 1.807) is 7.11 Å². The van der Waals surface area contributed by atoms with Crippen molar-refractivity contribution >= 4 is 5.96 Å². The molecule has 1 unspecified atom stereocenters. The molecule has 1 saturated heterocycles. The number of aliphatic imine (C=N–C) groups is 1. The molecule has 0 bridgehead atoms. The second-order valence-electron chi connectivity index (χ2n) is 7.32. The molecule has 0 aliphatic carbocycles. The van der Waals surface area contributed by atoms with Crippen LogP contribution in [0.5, 0.6) is 5.75 Å². The van der Waals surface area contributed by atoms with Gasteiger partial charge in [0, 0.05) is 32.7 Å². The maximum atomic E-state index is 5.62. The lowest BCUT2D eigenvalue weighted by atomic mass is 10.1. The summed E-state index contributed by atoms with van der Waals surface area (Å²) in [7, 11) is 3.66. The number of nitrogens with one attached hydrogen (secondary N) is 1. The lowest BCUT2D eigenvalue weighted by Crippen LogP contribution is -2.40. The minimum atomic E-state index is 0.542. The number of hydrogen-bond acceptors (Lipinski definition) is 5. The van der Waals surface area contributed by atoms with Crippen molar-refractivity contribution in [2.75, 3.05) is 33.4 Å². The van der Waals surface area contributed by atoms with E-state index in [1.807, 2.05) is 49.7 Å². The van der Waals surface area contributed by atoms with Crippen molar-refractivity contribution in [3.05, 3.63) is 41.5 Å². The molecule has 2 heterocycles. The Bertz CT molecular complexity index is 802. The van der Waals surface area contributed by atoms with E-state index in [0.29, 0.717) is 19.0 Å². The maximum Gasteiger partial charge on any atom is 0.194 e. The number of aryl methyl sites for hydroxylation is 1. The van der Waals surface area contributed by atoms with Gasteiger partial charge in [-0.25, -0.2) is 4.99 Å². The average Bonchev–Trinajstić information content (AvgIpc) is 3.34. The number of guanidine groups is 1. The quantitative estimate of drug-likeness (QED) is 0.540. The van der Waals surface area contributed by atoms with Crippen molar-refractivity contribution in [1.29, 1.82) is 0 Å². The molecular formula is C21H32N6O2. The summed E-state index contributed by atoms with van der Waals surface area (Å²) in [5, 5.41) is 11.9. The molecule has 1 aromatic carbocycles. The summed E-state index contributed by atoms with van der Waals surface area (Å²) in [5.41, 5.74) is 1.14. The van der Waals surface area contributed by atoms with Crippen LogP contribution in [0.15, 0.2) is 29.3 Å². The van der Waals surface area contributed by atoms with E-state index >= 15 is 0 Å². The van der Waals surface area contributed by atoms with Crippen molar-refractivity contribution in [3.8, 4) is 5.75 Å². The first-order valence-electron chi connectivity index (χ1n) is 10.2. The van der Waals surface area contributed by atoms with Crippen LogP contribution < -0.4 is 10.1 Å². The summed E-state index contributed by atoms with van der Waals surface area (Å²) < 4.78 is 12.9. The monoisotopic (exact) mass is 400 g/mol. The highest BCUT2D eigenvalue weighted by molar-refractivity contribution is 5.80. The Hall–Kier alpha value is -2.61. The van der Waals surface area contributed by atoms with Gasteiger partial charge in [-0.15, -0.1) is 10.2 Å². The molecule has 158 valence electrons. The molecule has 0 saturated carbocycles. The predicted molar refractivity (Wildman–Crippen MR) is 113 cm³/mol. The summed E-state index contributed by atoms with van der Waals surface area (Å²) in [4.78, 5) is 7.21. The molecule has 2 aromatic rings. The summed E-state index contributed by atoms with van der Waals surface area (Å²) in [6.07, 6.45) is 1.12. The lowest BCUT2D eigenvalue weighted by Gasteiger charge is -2.22. The molecule has 29 heavy (non-hydrogen) atoms. The molecule has 1 atom stereocenters. The molecule has 1 aliphatic heterocycles. The zero-order valence-corrected chi connectivity index (χ0v) is 17.9.